The second kappa shape index (κ2) is 7.24. The summed E-state index contributed by atoms with van der Waals surface area (Å²) in [7, 11) is 0. The van der Waals surface area contributed by atoms with Gasteiger partial charge in [-0.05, 0) is 63.2 Å². The Hall–Kier alpha value is -2.21. The van der Waals surface area contributed by atoms with E-state index in [4.69, 9.17) is 4.74 Å². The molecule has 0 spiro atoms. The summed E-state index contributed by atoms with van der Waals surface area (Å²) in [6.45, 7) is 1.65. The standard InChI is InChI=1S/C23H26N2O3S/c1-14(20(26)25-22-24-19(13-29-22)18-5-3-2-4-6-18)28-21(27)23-10-15-7-16(11-23)9-17(8-15)12-23/h2-6,13-17H,7-12H2,1H3,(H,24,25,26)/t14-,15?,16?,17?,23?/m1/s1. The maximum atomic E-state index is 13.0. The minimum absolute atomic E-state index is 0.164. The molecule has 1 heterocycles. The number of rotatable bonds is 5. The number of hydrogen-bond acceptors (Lipinski definition) is 5. The van der Waals surface area contributed by atoms with Gasteiger partial charge in [-0.2, -0.15) is 0 Å². The largest absolute Gasteiger partial charge is 0.452 e. The molecule has 1 aromatic carbocycles. The molecule has 5 nitrogen and oxygen atoms in total. The highest BCUT2D eigenvalue weighted by atomic mass is 32.1. The first-order valence-electron chi connectivity index (χ1n) is 10.5. The molecule has 1 aromatic heterocycles. The van der Waals surface area contributed by atoms with Crippen LogP contribution in [0.2, 0.25) is 0 Å². The first-order chi connectivity index (χ1) is 14.0. The number of benzene rings is 1. The van der Waals surface area contributed by atoms with Gasteiger partial charge < -0.3 is 4.74 Å². The number of thiazole rings is 1. The molecular weight excluding hydrogens is 384 g/mol. The quantitative estimate of drug-likeness (QED) is 0.712. The summed E-state index contributed by atoms with van der Waals surface area (Å²) in [5, 5.41) is 5.24. The number of hydrogen-bond donors (Lipinski definition) is 1. The van der Waals surface area contributed by atoms with E-state index in [2.05, 4.69) is 10.3 Å². The highest BCUT2D eigenvalue weighted by Crippen LogP contribution is 2.60. The molecule has 4 aliphatic rings. The Morgan fingerprint density at radius 3 is 2.34 bits per heavy atom. The van der Waals surface area contributed by atoms with E-state index in [-0.39, 0.29) is 17.3 Å². The molecule has 0 aliphatic heterocycles. The average Bonchev–Trinajstić information content (AvgIpc) is 3.16. The summed E-state index contributed by atoms with van der Waals surface area (Å²) in [4.78, 5) is 30.1. The van der Waals surface area contributed by atoms with Gasteiger partial charge in [0.05, 0.1) is 11.1 Å². The number of carbonyl (C=O) groups excluding carboxylic acids is 2. The van der Waals surface area contributed by atoms with Crippen LogP contribution in [0.15, 0.2) is 35.7 Å². The van der Waals surface area contributed by atoms with Crippen LogP contribution in [0.5, 0.6) is 0 Å². The molecule has 29 heavy (non-hydrogen) atoms. The minimum Gasteiger partial charge on any atom is -0.452 e. The van der Waals surface area contributed by atoms with Crippen LogP contribution in [-0.2, 0) is 14.3 Å². The van der Waals surface area contributed by atoms with Crippen LogP contribution in [0.25, 0.3) is 11.3 Å². The lowest BCUT2D eigenvalue weighted by molar-refractivity contribution is -0.177. The highest BCUT2D eigenvalue weighted by Gasteiger charge is 2.55. The molecular formula is C23H26N2O3S. The molecule has 152 valence electrons. The Bertz CT molecular complexity index is 888. The number of carbonyl (C=O) groups is 2. The lowest BCUT2D eigenvalue weighted by Crippen LogP contribution is -2.51. The Kier molecular flexibility index (Phi) is 4.69. The highest BCUT2D eigenvalue weighted by molar-refractivity contribution is 7.14. The number of amides is 1. The number of ether oxygens (including phenoxy) is 1. The van der Waals surface area contributed by atoms with Gasteiger partial charge in [-0.25, -0.2) is 4.98 Å². The fourth-order valence-electron chi connectivity index (χ4n) is 5.98. The molecule has 4 aliphatic carbocycles. The third kappa shape index (κ3) is 3.59. The molecule has 6 heteroatoms. The van der Waals surface area contributed by atoms with E-state index in [1.807, 2.05) is 35.7 Å². The van der Waals surface area contributed by atoms with Gasteiger partial charge >= 0.3 is 5.97 Å². The van der Waals surface area contributed by atoms with Crippen molar-refractivity contribution in [3.63, 3.8) is 0 Å². The number of esters is 1. The molecule has 4 bridgehead atoms. The Morgan fingerprint density at radius 1 is 1.10 bits per heavy atom. The van der Waals surface area contributed by atoms with Gasteiger partial charge in [0.25, 0.3) is 5.91 Å². The molecule has 0 saturated heterocycles. The van der Waals surface area contributed by atoms with Gasteiger partial charge in [0.2, 0.25) is 0 Å². The summed E-state index contributed by atoms with van der Waals surface area (Å²) >= 11 is 1.37. The monoisotopic (exact) mass is 410 g/mol. The Balaban J connectivity index is 1.21. The lowest BCUT2D eigenvalue weighted by Gasteiger charge is -2.55. The lowest BCUT2D eigenvalue weighted by atomic mass is 9.49. The molecule has 1 amide bonds. The molecule has 6 rings (SSSR count). The predicted molar refractivity (Wildman–Crippen MR) is 112 cm³/mol. The van der Waals surface area contributed by atoms with Crippen molar-refractivity contribution in [1.82, 2.24) is 4.98 Å². The van der Waals surface area contributed by atoms with Gasteiger partial charge in [-0.15, -0.1) is 11.3 Å². The van der Waals surface area contributed by atoms with E-state index in [0.29, 0.717) is 22.9 Å². The van der Waals surface area contributed by atoms with E-state index in [1.54, 1.807) is 6.92 Å². The fourth-order valence-corrected chi connectivity index (χ4v) is 6.70. The van der Waals surface area contributed by atoms with Crippen LogP contribution in [0.1, 0.15) is 45.4 Å². The first-order valence-corrected chi connectivity index (χ1v) is 11.4. The smallest absolute Gasteiger partial charge is 0.312 e. The van der Waals surface area contributed by atoms with Crippen molar-refractivity contribution in [1.29, 1.82) is 0 Å². The molecule has 4 fully saturated rings. The first kappa shape index (κ1) is 18.8. The topological polar surface area (TPSA) is 68.3 Å². The molecule has 1 N–H and O–H groups in total. The van der Waals surface area contributed by atoms with E-state index in [1.165, 1.54) is 30.6 Å². The average molecular weight is 411 g/mol. The zero-order chi connectivity index (χ0) is 20.0. The molecule has 0 unspecified atom stereocenters. The second-order valence-electron chi connectivity index (χ2n) is 9.14. The van der Waals surface area contributed by atoms with Crippen LogP contribution in [0.3, 0.4) is 0 Å². The summed E-state index contributed by atoms with van der Waals surface area (Å²) in [6.07, 6.45) is 5.83. The van der Waals surface area contributed by atoms with Crippen molar-refractivity contribution in [3.8, 4) is 11.3 Å². The Morgan fingerprint density at radius 2 is 1.72 bits per heavy atom. The SMILES string of the molecule is C[C@@H](OC(=O)C12CC3CC(CC(C3)C1)C2)C(=O)Nc1nc(-c2ccccc2)cs1. The van der Waals surface area contributed by atoms with Crippen molar-refractivity contribution in [2.45, 2.75) is 51.6 Å². The van der Waals surface area contributed by atoms with Crippen LogP contribution < -0.4 is 5.32 Å². The van der Waals surface area contributed by atoms with E-state index in [0.717, 1.165) is 30.5 Å². The number of nitrogens with one attached hydrogen (secondary N) is 1. The van der Waals surface area contributed by atoms with Gasteiger partial charge in [0.15, 0.2) is 11.2 Å². The molecule has 2 aromatic rings. The Labute approximate surface area is 174 Å². The number of nitrogens with zero attached hydrogens (tertiary/aromatic N) is 1. The fraction of sp³-hybridized carbons (Fsp3) is 0.522. The number of anilines is 1. The summed E-state index contributed by atoms with van der Waals surface area (Å²) in [6, 6.07) is 9.84. The van der Waals surface area contributed by atoms with Crippen LogP contribution in [-0.4, -0.2) is 23.0 Å². The van der Waals surface area contributed by atoms with E-state index >= 15 is 0 Å². The molecule has 0 radical (unpaired) electrons. The maximum Gasteiger partial charge on any atom is 0.312 e. The summed E-state index contributed by atoms with van der Waals surface area (Å²) < 4.78 is 5.69. The van der Waals surface area contributed by atoms with Crippen molar-refractivity contribution < 1.29 is 14.3 Å². The summed E-state index contributed by atoms with van der Waals surface area (Å²) in [5.74, 6) is 1.53. The van der Waals surface area contributed by atoms with Crippen molar-refractivity contribution in [2.24, 2.45) is 23.2 Å². The zero-order valence-electron chi connectivity index (χ0n) is 16.6. The van der Waals surface area contributed by atoms with E-state index in [9.17, 15) is 9.59 Å². The van der Waals surface area contributed by atoms with Gasteiger partial charge in [-0.3, -0.25) is 14.9 Å². The van der Waals surface area contributed by atoms with Crippen molar-refractivity contribution in [3.05, 3.63) is 35.7 Å². The molecule has 1 atom stereocenters. The molecule has 4 saturated carbocycles. The second-order valence-corrected chi connectivity index (χ2v) is 10.00. The minimum atomic E-state index is -0.820. The van der Waals surface area contributed by atoms with Gasteiger partial charge in [0, 0.05) is 10.9 Å². The maximum absolute atomic E-state index is 13.0. The zero-order valence-corrected chi connectivity index (χ0v) is 17.4. The van der Waals surface area contributed by atoms with Crippen molar-refractivity contribution >= 4 is 28.3 Å². The third-order valence-corrected chi connectivity index (χ3v) is 7.69. The normalized spacial score (nSPS) is 30.7. The van der Waals surface area contributed by atoms with Gasteiger partial charge in [0.1, 0.15) is 0 Å². The van der Waals surface area contributed by atoms with Crippen LogP contribution >= 0.6 is 11.3 Å². The van der Waals surface area contributed by atoms with E-state index < -0.39 is 6.10 Å². The number of aromatic nitrogens is 1. The summed E-state index contributed by atoms with van der Waals surface area (Å²) in [5.41, 5.74) is 1.49. The predicted octanol–water partition coefficient (Wildman–Crippen LogP) is 4.90. The van der Waals surface area contributed by atoms with Crippen LogP contribution in [0, 0.1) is 23.2 Å². The van der Waals surface area contributed by atoms with Crippen LogP contribution in [0.4, 0.5) is 5.13 Å². The third-order valence-electron chi connectivity index (χ3n) is 6.93. The van der Waals surface area contributed by atoms with Gasteiger partial charge in [-0.1, -0.05) is 30.3 Å². The van der Waals surface area contributed by atoms with Crippen molar-refractivity contribution in [2.75, 3.05) is 5.32 Å².